The van der Waals surface area contributed by atoms with Gasteiger partial charge in [0.2, 0.25) is 5.43 Å². The van der Waals surface area contributed by atoms with Gasteiger partial charge in [0.15, 0.2) is 5.75 Å². The van der Waals surface area contributed by atoms with Gasteiger partial charge in [-0.15, -0.1) is 0 Å². The number of para-hydroxylation sites is 1. The zero-order valence-electron chi connectivity index (χ0n) is 12.5. The fourth-order valence-corrected chi connectivity index (χ4v) is 2.45. The summed E-state index contributed by atoms with van der Waals surface area (Å²) in [4.78, 5) is 11.8. The summed E-state index contributed by atoms with van der Waals surface area (Å²) in [6.07, 6.45) is 0.847. The summed E-state index contributed by atoms with van der Waals surface area (Å²) in [5.41, 5.74) is 1.09. The maximum Gasteiger partial charge on any atom is 0.223 e. The average molecular weight is 287 g/mol. The third kappa shape index (κ3) is 3.16. The quantitative estimate of drug-likeness (QED) is 0.908. The van der Waals surface area contributed by atoms with Crippen LogP contribution in [0.15, 0.2) is 47.4 Å². The number of nitrogens with zero attached hydrogens (tertiary/aromatic N) is 1. The van der Waals surface area contributed by atoms with Gasteiger partial charge in [-0.2, -0.15) is 0 Å². The molecule has 0 aliphatic rings. The highest BCUT2D eigenvalue weighted by molar-refractivity contribution is 5.38. The minimum Gasteiger partial charge on any atom is -0.503 e. The molecular formula is C17H21NO3. The Morgan fingerprint density at radius 1 is 1.10 bits per heavy atom. The standard InChI is InChI=1S/C17H21NO3/c1-11(2)17(21)12(3)14-9-15(19)16(20)10-18(14)13-7-5-4-6-8-13/h4-12,17,20-21H,1-3H3/t12-,17-/m1/s1. The first-order valence-corrected chi connectivity index (χ1v) is 7.11. The van der Waals surface area contributed by atoms with E-state index in [-0.39, 0.29) is 17.6 Å². The third-order valence-electron chi connectivity index (χ3n) is 3.76. The van der Waals surface area contributed by atoms with Gasteiger partial charge in [-0.05, 0) is 18.1 Å². The predicted molar refractivity (Wildman–Crippen MR) is 83.0 cm³/mol. The fraction of sp³-hybridized carbons (Fsp3) is 0.353. The summed E-state index contributed by atoms with van der Waals surface area (Å²) >= 11 is 0. The molecule has 2 rings (SSSR count). The zero-order chi connectivity index (χ0) is 15.6. The van der Waals surface area contributed by atoms with E-state index in [0.29, 0.717) is 5.69 Å². The van der Waals surface area contributed by atoms with Crippen LogP contribution < -0.4 is 5.43 Å². The SMILES string of the molecule is CC(C)[C@@H](O)[C@H](C)c1cc(=O)c(O)cn1-c1ccccc1. The van der Waals surface area contributed by atoms with Gasteiger partial charge in [0.25, 0.3) is 0 Å². The van der Waals surface area contributed by atoms with Gasteiger partial charge in [0, 0.05) is 23.4 Å². The molecular weight excluding hydrogens is 266 g/mol. The Hall–Kier alpha value is -2.07. The minimum absolute atomic E-state index is 0.0770. The van der Waals surface area contributed by atoms with Crippen LogP contribution in [0.1, 0.15) is 32.4 Å². The lowest BCUT2D eigenvalue weighted by atomic mass is 9.91. The highest BCUT2D eigenvalue weighted by atomic mass is 16.3. The summed E-state index contributed by atoms with van der Waals surface area (Å²) in [5.74, 6) is -0.444. The molecule has 2 atom stereocenters. The fourth-order valence-electron chi connectivity index (χ4n) is 2.45. The number of aromatic nitrogens is 1. The zero-order valence-corrected chi connectivity index (χ0v) is 12.5. The lowest BCUT2D eigenvalue weighted by Gasteiger charge is -2.25. The second-order valence-electron chi connectivity index (χ2n) is 5.68. The molecule has 112 valence electrons. The van der Waals surface area contributed by atoms with Crippen LogP contribution in [0.25, 0.3) is 5.69 Å². The van der Waals surface area contributed by atoms with Crippen molar-refractivity contribution in [2.45, 2.75) is 32.8 Å². The monoisotopic (exact) mass is 287 g/mol. The number of aromatic hydroxyl groups is 1. The number of hydrogen-bond acceptors (Lipinski definition) is 3. The Labute approximate surface area is 124 Å². The van der Waals surface area contributed by atoms with Crippen LogP contribution >= 0.6 is 0 Å². The second-order valence-corrected chi connectivity index (χ2v) is 5.68. The van der Waals surface area contributed by atoms with E-state index in [1.165, 1.54) is 12.3 Å². The van der Waals surface area contributed by atoms with Gasteiger partial charge in [-0.1, -0.05) is 39.0 Å². The van der Waals surface area contributed by atoms with E-state index in [0.717, 1.165) is 5.69 Å². The number of hydrogen-bond donors (Lipinski definition) is 2. The van der Waals surface area contributed by atoms with Crippen LogP contribution in [0.5, 0.6) is 5.75 Å². The molecule has 21 heavy (non-hydrogen) atoms. The Morgan fingerprint density at radius 3 is 2.29 bits per heavy atom. The van der Waals surface area contributed by atoms with Crippen LogP contribution in [-0.4, -0.2) is 20.9 Å². The highest BCUT2D eigenvalue weighted by Crippen LogP contribution is 2.26. The predicted octanol–water partition coefficient (Wildman–Crippen LogP) is 2.66. The highest BCUT2D eigenvalue weighted by Gasteiger charge is 2.23. The van der Waals surface area contributed by atoms with Crippen molar-refractivity contribution in [3.8, 4) is 11.4 Å². The van der Waals surface area contributed by atoms with Crippen molar-refractivity contribution in [2.24, 2.45) is 5.92 Å². The van der Waals surface area contributed by atoms with Gasteiger partial charge in [-0.3, -0.25) is 4.79 Å². The maximum atomic E-state index is 11.8. The molecule has 0 amide bonds. The first kappa shape index (κ1) is 15.3. The summed E-state index contributed by atoms with van der Waals surface area (Å²) in [5, 5.41) is 20.0. The Bertz CT molecular complexity index is 661. The lowest BCUT2D eigenvalue weighted by molar-refractivity contribution is 0.0998. The minimum atomic E-state index is -0.566. The molecule has 1 heterocycles. The normalized spacial score (nSPS) is 14.1. The van der Waals surface area contributed by atoms with E-state index in [1.807, 2.05) is 51.1 Å². The lowest BCUT2D eigenvalue weighted by Crippen LogP contribution is -2.26. The van der Waals surface area contributed by atoms with Crippen LogP contribution in [-0.2, 0) is 0 Å². The van der Waals surface area contributed by atoms with Gasteiger partial charge in [-0.25, -0.2) is 0 Å². The van der Waals surface area contributed by atoms with Gasteiger partial charge >= 0.3 is 0 Å². The molecule has 4 heteroatoms. The number of benzene rings is 1. The molecule has 0 bridgehead atoms. The molecule has 0 saturated heterocycles. The van der Waals surface area contributed by atoms with Gasteiger partial charge in [0.1, 0.15) is 0 Å². The smallest absolute Gasteiger partial charge is 0.223 e. The Kier molecular flexibility index (Phi) is 4.48. The van der Waals surface area contributed by atoms with Crippen molar-refractivity contribution in [3.63, 3.8) is 0 Å². The van der Waals surface area contributed by atoms with Crippen molar-refractivity contribution in [2.75, 3.05) is 0 Å². The maximum absolute atomic E-state index is 11.8. The average Bonchev–Trinajstić information content (AvgIpc) is 2.48. The van der Waals surface area contributed by atoms with Crippen molar-refractivity contribution >= 4 is 0 Å². The van der Waals surface area contributed by atoms with Gasteiger partial charge < -0.3 is 14.8 Å². The van der Waals surface area contributed by atoms with Crippen molar-refractivity contribution < 1.29 is 10.2 Å². The van der Waals surface area contributed by atoms with Crippen LogP contribution in [0.3, 0.4) is 0 Å². The van der Waals surface area contributed by atoms with Crippen molar-refractivity contribution in [3.05, 3.63) is 58.5 Å². The molecule has 1 aromatic carbocycles. The molecule has 1 aromatic heterocycles. The van der Waals surface area contributed by atoms with E-state index in [1.54, 1.807) is 4.57 Å². The molecule has 0 radical (unpaired) electrons. The van der Waals surface area contributed by atoms with E-state index < -0.39 is 11.5 Å². The van der Waals surface area contributed by atoms with E-state index >= 15 is 0 Å². The number of aliphatic hydroxyl groups excluding tert-OH is 1. The number of aliphatic hydroxyl groups is 1. The van der Waals surface area contributed by atoms with E-state index in [9.17, 15) is 15.0 Å². The van der Waals surface area contributed by atoms with E-state index in [2.05, 4.69) is 0 Å². The third-order valence-corrected chi connectivity index (χ3v) is 3.76. The van der Waals surface area contributed by atoms with Crippen molar-refractivity contribution in [1.82, 2.24) is 4.57 Å². The van der Waals surface area contributed by atoms with Crippen molar-refractivity contribution in [1.29, 1.82) is 0 Å². The van der Waals surface area contributed by atoms with Crippen LogP contribution in [0.2, 0.25) is 0 Å². The molecule has 0 fully saturated rings. The molecule has 2 aromatic rings. The van der Waals surface area contributed by atoms with E-state index in [4.69, 9.17) is 0 Å². The largest absolute Gasteiger partial charge is 0.503 e. The second kappa shape index (κ2) is 6.14. The first-order valence-electron chi connectivity index (χ1n) is 7.11. The summed E-state index contributed by atoms with van der Waals surface area (Å²) in [6, 6.07) is 10.9. The molecule has 0 unspecified atom stereocenters. The Balaban J connectivity index is 2.59. The molecule has 4 nitrogen and oxygen atoms in total. The molecule has 0 spiro atoms. The molecule has 0 aliphatic heterocycles. The topological polar surface area (TPSA) is 62.5 Å². The number of pyridine rings is 1. The summed E-state index contributed by atoms with van der Waals surface area (Å²) < 4.78 is 1.76. The van der Waals surface area contributed by atoms with Crippen LogP contribution in [0, 0.1) is 5.92 Å². The molecule has 0 aliphatic carbocycles. The summed E-state index contributed by atoms with van der Waals surface area (Å²) in [6.45, 7) is 5.76. The van der Waals surface area contributed by atoms with Crippen LogP contribution in [0.4, 0.5) is 0 Å². The number of rotatable bonds is 4. The van der Waals surface area contributed by atoms with Gasteiger partial charge in [0.05, 0.1) is 12.3 Å². The molecule has 0 saturated carbocycles. The summed E-state index contributed by atoms with van der Waals surface area (Å²) in [7, 11) is 0. The Morgan fingerprint density at radius 2 is 1.71 bits per heavy atom. The molecule has 2 N–H and O–H groups in total. The first-order chi connectivity index (χ1) is 9.91.